The van der Waals surface area contributed by atoms with Gasteiger partial charge in [0.1, 0.15) is 5.82 Å². The zero-order valence-electron chi connectivity index (χ0n) is 10.9. The van der Waals surface area contributed by atoms with Gasteiger partial charge in [-0.2, -0.15) is 0 Å². The number of nitrogens with one attached hydrogen (secondary N) is 1. The van der Waals surface area contributed by atoms with Gasteiger partial charge in [-0.15, -0.1) is 11.3 Å². The Kier molecular flexibility index (Phi) is 4.09. The molecule has 2 aromatic rings. The van der Waals surface area contributed by atoms with Crippen molar-refractivity contribution in [2.75, 3.05) is 0 Å². The van der Waals surface area contributed by atoms with Crippen LogP contribution in [0.25, 0.3) is 0 Å². The lowest BCUT2D eigenvalue weighted by Gasteiger charge is -2.07. The number of aromatic nitrogens is 1. The summed E-state index contributed by atoms with van der Waals surface area (Å²) in [5, 5.41) is 4.44. The molecule has 96 valence electrons. The van der Waals surface area contributed by atoms with Crippen molar-refractivity contribution in [3.8, 4) is 0 Å². The van der Waals surface area contributed by atoms with E-state index >= 15 is 0 Å². The average Bonchev–Trinajstić information content (AvgIpc) is 2.72. The summed E-state index contributed by atoms with van der Waals surface area (Å²) in [7, 11) is 0. The van der Waals surface area contributed by atoms with E-state index in [1.165, 1.54) is 4.88 Å². The normalized spacial score (nSPS) is 10.9. The van der Waals surface area contributed by atoms with Gasteiger partial charge in [0.25, 0.3) is 0 Å². The highest BCUT2D eigenvalue weighted by Crippen LogP contribution is 2.15. The maximum atomic E-state index is 13.5. The number of thiazole rings is 1. The lowest BCUT2D eigenvalue weighted by molar-refractivity contribution is 0.606. The fourth-order valence-corrected chi connectivity index (χ4v) is 2.72. The lowest BCUT2D eigenvalue weighted by atomic mass is 10.1. The summed E-state index contributed by atoms with van der Waals surface area (Å²) in [4.78, 5) is 5.44. The van der Waals surface area contributed by atoms with Crippen LogP contribution in [0.5, 0.6) is 0 Å². The summed E-state index contributed by atoms with van der Waals surface area (Å²) >= 11 is 1.70. The minimum absolute atomic E-state index is 0.100. The van der Waals surface area contributed by atoms with Gasteiger partial charge in [-0.1, -0.05) is 12.1 Å². The molecule has 0 unspecified atom stereocenters. The molecule has 1 aromatic carbocycles. The van der Waals surface area contributed by atoms with E-state index in [2.05, 4.69) is 10.3 Å². The number of benzene rings is 1. The number of aryl methyl sites for hydroxylation is 3. The third-order valence-electron chi connectivity index (χ3n) is 2.79. The molecule has 0 atom stereocenters. The topological polar surface area (TPSA) is 24.9 Å². The van der Waals surface area contributed by atoms with E-state index in [1.807, 2.05) is 25.3 Å². The number of hydrogen-bond donors (Lipinski definition) is 1. The van der Waals surface area contributed by atoms with E-state index in [1.54, 1.807) is 25.2 Å². The smallest absolute Gasteiger partial charge is 0.129 e. The first-order valence-electron chi connectivity index (χ1n) is 5.94. The van der Waals surface area contributed by atoms with Gasteiger partial charge in [0, 0.05) is 24.2 Å². The fourth-order valence-electron chi connectivity index (χ4n) is 1.95. The van der Waals surface area contributed by atoms with Crippen LogP contribution in [0.1, 0.15) is 26.6 Å². The molecule has 0 spiro atoms. The number of rotatable bonds is 4. The minimum atomic E-state index is -0.100. The Morgan fingerprint density at radius 1 is 1.17 bits per heavy atom. The van der Waals surface area contributed by atoms with Crippen LogP contribution >= 0.6 is 11.3 Å². The summed E-state index contributed by atoms with van der Waals surface area (Å²) in [6, 6.07) is 3.79. The van der Waals surface area contributed by atoms with Gasteiger partial charge in [-0.05, 0) is 37.5 Å². The van der Waals surface area contributed by atoms with Gasteiger partial charge in [-0.25, -0.2) is 9.37 Å². The van der Waals surface area contributed by atoms with Gasteiger partial charge in [0.2, 0.25) is 0 Å². The second kappa shape index (κ2) is 5.59. The maximum absolute atomic E-state index is 13.5. The molecule has 0 aliphatic carbocycles. The summed E-state index contributed by atoms with van der Waals surface area (Å²) in [6.07, 6.45) is 1.90. The van der Waals surface area contributed by atoms with Gasteiger partial charge < -0.3 is 5.32 Å². The molecule has 2 nitrogen and oxygen atoms in total. The average molecular weight is 264 g/mol. The molecule has 0 bridgehead atoms. The van der Waals surface area contributed by atoms with Crippen molar-refractivity contribution in [2.24, 2.45) is 0 Å². The molecule has 0 saturated carbocycles. The van der Waals surface area contributed by atoms with Crippen LogP contribution < -0.4 is 5.32 Å². The highest BCUT2D eigenvalue weighted by molar-refractivity contribution is 7.11. The highest BCUT2D eigenvalue weighted by atomic mass is 32.1. The van der Waals surface area contributed by atoms with E-state index < -0.39 is 0 Å². The van der Waals surface area contributed by atoms with E-state index in [9.17, 15) is 4.39 Å². The van der Waals surface area contributed by atoms with E-state index in [-0.39, 0.29) is 5.82 Å². The predicted octanol–water partition coefficient (Wildman–Crippen LogP) is 3.50. The fraction of sp³-hybridized carbons (Fsp3) is 0.357. The first kappa shape index (κ1) is 13.2. The molecule has 0 aliphatic rings. The van der Waals surface area contributed by atoms with Crippen LogP contribution in [0.4, 0.5) is 4.39 Å². The number of hydrogen-bond acceptors (Lipinski definition) is 3. The summed E-state index contributed by atoms with van der Waals surface area (Å²) < 4.78 is 13.5. The van der Waals surface area contributed by atoms with Crippen molar-refractivity contribution in [1.82, 2.24) is 10.3 Å². The first-order valence-corrected chi connectivity index (χ1v) is 6.75. The SMILES string of the molecule is Cc1ncc(CNCc2cc(C)c(F)c(C)c2)s1. The zero-order chi connectivity index (χ0) is 13.1. The van der Waals surface area contributed by atoms with Crippen molar-refractivity contribution >= 4 is 11.3 Å². The Morgan fingerprint density at radius 2 is 1.83 bits per heavy atom. The van der Waals surface area contributed by atoms with Crippen LogP contribution in [0.2, 0.25) is 0 Å². The Labute approximate surface area is 111 Å². The molecule has 0 radical (unpaired) electrons. The van der Waals surface area contributed by atoms with E-state index in [0.29, 0.717) is 11.1 Å². The van der Waals surface area contributed by atoms with Crippen LogP contribution in [0.3, 0.4) is 0 Å². The second-order valence-electron chi connectivity index (χ2n) is 4.49. The Morgan fingerprint density at radius 3 is 2.39 bits per heavy atom. The highest BCUT2D eigenvalue weighted by Gasteiger charge is 2.04. The van der Waals surface area contributed by atoms with Crippen LogP contribution in [-0.4, -0.2) is 4.98 Å². The number of halogens is 1. The van der Waals surface area contributed by atoms with Crippen LogP contribution in [0, 0.1) is 26.6 Å². The molecule has 0 fully saturated rings. The van der Waals surface area contributed by atoms with Gasteiger partial charge in [0.15, 0.2) is 0 Å². The van der Waals surface area contributed by atoms with Gasteiger partial charge in [0.05, 0.1) is 5.01 Å². The van der Waals surface area contributed by atoms with Crippen molar-refractivity contribution in [3.63, 3.8) is 0 Å². The standard InChI is InChI=1S/C14H17FN2S/c1-9-4-12(5-10(2)14(9)15)6-16-7-13-8-17-11(3)18-13/h4-5,8,16H,6-7H2,1-3H3. The molecule has 1 aromatic heterocycles. The lowest BCUT2D eigenvalue weighted by Crippen LogP contribution is -2.12. The van der Waals surface area contributed by atoms with Crippen molar-refractivity contribution in [2.45, 2.75) is 33.9 Å². The monoisotopic (exact) mass is 264 g/mol. The predicted molar refractivity (Wildman–Crippen MR) is 73.3 cm³/mol. The molecule has 0 amide bonds. The third kappa shape index (κ3) is 3.15. The largest absolute Gasteiger partial charge is 0.308 e. The van der Waals surface area contributed by atoms with Crippen molar-refractivity contribution in [3.05, 3.63) is 50.7 Å². The molecule has 1 heterocycles. The van der Waals surface area contributed by atoms with Crippen LogP contribution in [-0.2, 0) is 13.1 Å². The van der Waals surface area contributed by atoms with E-state index in [0.717, 1.165) is 23.7 Å². The van der Waals surface area contributed by atoms with Crippen molar-refractivity contribution in [1.29, 1.82) is 0 Å². The van der Waals surface area contributed by atoms with Gasteiger partial charge >= 0.3 is 0 Å². The molecule has 0 aliphatic heterocycles. The Hall–Kier alpha value is -1.26. The second-order valence-corrected chi connectivity index (χ2v) is 5.81. The quantitative estimate of drug-likeness (QED) is 0.914. The van der Waals surface area contributed by atoms with Crippen LogP contribution in [0.15, 0.2) is 18.3 Å². The molecule has 2 rings (SSSR count). The summed E-state index contributed by atoms with van der Waals surface area (Å²) in [5.74, 6) is -0.100. The molecule has 1 N–H and O–H groups in total. The first-order chi connectivity index (χ1) is 8.56. The Balaban J connectivity index is 1.94. The molecule has 18 heavy (non-hydrogen) atoms. The van der Waals surface area contributed by atoms with Crippen molar-refractivity contribution < 1.29 is 4.39 Å². The van der Waals surface area contributed by atoms with Gasteiger partial charge in [-0.3, -0.25) is 0 Å². The number of nitrogens with zero attached hydrogens (tertiary/aromatic N) is 1. The molecular formula is C14H17FN2S. The van der Waals surface area contributed by atoms with E-state index in [4.69, 9.17) is 0 Å². The minimum Gasteiger partial charge on any atom is -0.308 e. The third-order valence-corrected chi connectivity index (χ3v) is 3.71. The zero-order valence-corrected chi connectivity index (χ0v) is 11.7. The Bertz CT molecular complexity index is 525. The maximum Gasteiger partial charge on any atom is 0.129 e. The molecular weight excluding hydrogens is 247 g/mol. The summed E-state index contributed by atoms with van der Waals surface area (Å²) in [6.45, 7) is 7.16. The molecule has 4 heteroatoms. The summed E-state index contributed by atoms with van der Waals surface area (Å²) in [5.41, 5.74) is 2.54. The molecule has 0 saturated heterocycles.